The van der Waals surface area contributed by atoms with Crippen molar-refractivity contribution < 1.29 is 4.79 Å². The molecule has 4 atom stereocenters. The summed E-state index contributed by atoms with van der Waals surface area (Å²) >= 11 is 0. The Bertz CT molecular complexity index is 814. The zero-order valence-corrected chi connectivity index (χ0v) is 16.1. The van der Waals surface area contributed by atoms with Gasteiger partial charge in [0.15, 0.2) is 0 Å². The third-order valence-electron chi connectivity index (χ3n) is 7.02. The maximum absolute atomic E-state index is 13.1. The molecule has 0 N–H and O–H groups in total. The van der Waals surface area contributed by atoms with Gasteiger partial charge in [0, 0.05) is 45.0 Å². The largest absolute Gasteiger partial charge is 0.347 e. The number of likely N-dealkylation sites (tertiary alicyclic amines) is 1. The number of amides is 1. The predicted octanol–water partition coefficient (Wildman–Crippen LogP) is 3.71. The van der Waals surface area contributed by atoms with Crippen LogP contribution in [0.15, 0.2) is 48.7 Å². The summed E-state index contributed by atoms with van der Waals surface area (Å²) in [5.74, 6) is 1.43. The first-order valence-corrected chi connectivity index (χ1v) is 10.4. The number of fused-ring (bicyclic) bond motifs is 4. The molecule has 0 aliphatic carbocycles. The highest BCUT2D eigenvalue weighted by Crippen LogP contribution is 2.44. The van der Waals surface area contributed by atoms with Gasteiger partial charge in [0.2, 0.25) is 0 Å². The Morgan fingerprint density at radius 2 is 1.85 bits per heavy atom. The van der Waals surface area contributed by atoms with Gasteiger partial charge in [-0.05, 0) is 55.2 Å². The summed E-state index contributed by atoms with van der Waals surface area (Å²) in [4.78, 5) is 18.0. The Hall–Kier alpha value is -2.07. The van der Waals surface area contributed by atoms with Crippen LogP contribution in [0.3, 0.4) is 0 Å². The van der Waals surface area contributed by atoms with E-state index in [2.05, 4.69) is 40.1 Å². The minimum atomic E-state index is 0.209. The molecular weight excluding hydrogens is 334 g/mol. The molecule has 2 bridgehead atoms. The summed E-state index contributed by atoms with van der Waals surface area (Å²) in [5, 5.41) is 0. The number of carbonyl (C=O) groups is 1. The molecule has 2 aromatic rings. The molecule has 27 heavy (non-hydrogen) atoms. The normalized spacial score (nSPS) is 30.8. The van der Waals surface area contributed by atoms with Gasteiger partial charge < -0.3 is 9.47 Å². The van der Waals surface area contributed by atoms with E-state index in [1.165, 1.54) is 31.2 Å². The molecule has 4 heterocycles. The predicted molar refractivity (Wildman–Crippen MR) is 106 cm³/mol. The van der Waals surface area contributed by atoms with Crippen LogP contribution in [0.5, 0.6) is 0 Å². The third-order valence-corrected chi connectivity index (χ3v) is 7.02. The zero-order valence-electron chi connectivity index (χ0n) is 16.1. The summed E-state index contributed by atoms with van der Waals surface area (Å²) in [6, 6.07) is 16.1. The Morgan fingerprint density at radius 3 is 2.63 bits per heavy atom. The molecule has 4 nitrogen and oxygen atoms in total. The van der Waals surface area contributed by atoms with Gasteiger partial charge in [0.1, 0.15) is 5.69 Å². The molecule has 5 rings (SSSR count). The van der Waals surface area contributed by atoms with Gasteiger partial charge in [-0.15, -0.1) is 0 Å². The number of piperidine rings is 3. The fraction of sp³-hybridized carbons (Fsp3) is 0.522. The molecule has 1 aromatic carbocycles. The van der Waals surface area contributed by atoms with Crippen molar-refractivity contribution in [1.29, 1.82) is 0 Å². The lowest BCUT2D eigenvalue weighted by molar-refractivity contribution is -0.0513. The van der Waals surface area contributed by atoms with Gasteiger partial charge in [0.25, 0.3) is 5.91 Å². The SMILES string of the molecule is Cn1cccc1C(=O)N1C[C@@H]2C[C@H](C1)[C@@H]1CCC[C@H](c3ccccc3)N1C2. The fourth-order valence-corrected chi connectivity index (χ4v) is 5.85. The highest BCUT2D eigenvalue weighted by Gasteiger charge is 2.45. The molecule has 3 fully saturated rings. The Balaban J connectivity index is 1.37. The highest BCUT2D eigenvalue weighted by molar-refractivity contribution is 5.92. The minimum Gasteiger partial charge on any atom is -0.347 e. The van der Waals surface area contributed by atoms with Crippen molar-refractivity contribution in [2.45, 2.75) is 37.8 Å². The van der Waals surface area contributed by atoms with Gasteiger partial charge in [-0.2, -0.15) is 0 Å². The third kappa shape index (κ3) is 3.00. The Labute approximate surface area is 161 Å². The van der Waals surface area contributed by atoms with Gasteiger partial charge in [-0.3, -0.25) is 9.69 Å². The van der Waals surface area contributed by atoms with Crippen molar-refractivity contribution in [3.63, 3.8) is 0 Å². The van der Waals surface area contributed by atoms with Crippen LogP contribution in [0.25, 0.3) is 0 Å². The Kier molecular flexibility index (Phi) is 4.31. The molecule has 1 amide bonds. The van der Waals surface area contributed by atoms with E-state index in [1.807, 2.05) is 29.9 Å². The van der Waals surface area contributed by atoms with Gasteiger partial charge in [-0.1, -0.05) is 30.3 Å². The first-order valence-electron chi connectivity index (χ1n) is 10.4. The van der Waals surface area contributed by atoms with Crippen molar-refractivity contribution in [3.8, 4) is 0 Å². The molecule has 0 radical (unpaired) electrons. The van der Waals surface area contributed by atoms with E-state index >= 15 is 0 Å². The van der Waals surface area contributed by atoms with Crippen molar-refractivity contribution >= 4 is 5.91 Å². The molecule has 0 saturated carbocycles. The van der Waals surface area contributed by atoms with Gasteiger partial charge in [0.05, 0.1) is 0 Å². The number of benzene rings is 1. The molecule has 0 spiro atoms. The molecule has 0 unspecified atom stereocenters. The second-order valence-electron chi connectivity index (χ2n) is 8.70. The molecule has 4 heteroatoms. The topological polar surface area (TPSA) is 28.5 Å². The molecule has 3 aliphatic heterocycles. The smallest absolute Gasteiger partial charge is 0.270 e. The van der Waals surface area contributed by atoms with E-state index < -0.39 is 0 Å². The van der Waals surface area contributed by atoms with E-state index in [0.29, 0.717) is 23.9 Å². The maximum Gasteiger partial charge on any atom is 0.270 e. The number of aromatic nitrogens is 1. The average molecular weight is 364 g/mol. The van der Waals surface area contributed by atoms with Crippen molar-refractivity contribution in [3.05, 3.63) is 59.9 Å². The van der Waals surface area contributed by atoms with Crippen LogP contribution in [-0.2, 0) is 7.05 Å². The highest BCUT2D eigenvalue weighted by atomic mass is 16.2. The van der Waals surface area contributed by atoms with Gasteiger partial charge >= 0.3 is 0 Å². The number of hydrogen-bond donors (Lipinski definition) is 0. The summed E-state index contributed by atoms with van der Waals surface area (Å²) in [5.41, 5.74) is 2.29. The van der Waals surface area contributed by atoms with Crippen molar-refractivity contribution in [2.24, 2.45) is 18.9 Å². The van der Waals surface area contributed by atoms with Crippen molar-refractivity contribution in [1.82, 2.24) is 14.4 Å². The number of hydrogen-bond acceptors (Lipinski definition) is 2. The average Bonchev–Trinajstić information content (AvgIpc) is 3.13. The molecular formula is C23H29N3O. The monoisotopic (exact) mass is 363 g/mol. The lowest BCUT2D eigenvalue weighted by Crippen LogP contribution is -2.60. The molecule has 3 saturated heterocycles. The van der Waals surface area contributed by atoms with Crippen LogP contribution in [0, 0.1) is 11.8 Å². The minimum absolute atomic E-state index is 0.209. The zero-order chi connectivity index (χ0) is 18.4. The van der Waals surface area contributed by atoms with E-state index in [-0.39, 0.29) is 5.91 Å². The van der Waals surface area contributed by atoms with E-state index in [0.717, 1.165) is 25.3 Å². The van der Waals surface area contributed by atoms with E-state index in [4.69, 9.17) is 0 Å². The van der Waals surface area contributed by atoms with Crippen LogP contribution in [0.4, 0.5) is 0 Å². The summed E-state index contributed by atoms with van der Waals surface area (Å²) in [7, 11) is 1.96. The summed E-state index contributed by atoms with van der Waals surface area (Å²) < 4.78 is 1.95. The van der Waals surface area contributed by atoms with Crippen LogP contribution in [-0.4, -0.2) is 46.0 Å². The van der Waals surface area contributed by atoms with Crippen molar-refractivity contribution in [2.75, 3.05) is 19.6 Å². The van der Waals surface area contributed by atoms with Gasteiger partial charge in [-0.25, -0.2) is 0 Å². The fourth-order valence-electron chi connectivity index (χ4n) is 5.85. The molecule has 142 valence electrons. The lowest BCUT2D eigenvalue weighted by atomic mass is 9.74. The summed E-state index contributed by atoms with van der Waals surface area (Å²) in [6.45, 7) is 2.96. The quantitative estimate of drug-likeness (QED) is 0.814. The second-order valence-corrected chi connectivity index (χ2v) is 8.70. The van der Waals surface area contributed by atoms with Crippen LogP contribution < -0.4 is 0 Å². The van der Waals surface area contributed by atoms with E-state index in [1.54, 1.807) is 0 Å². The van der Waals surface area contributed by atoms with Crippen LogP contribution >= 0.6 is 0 Å². The lowest BCUT2D eigenvalue weighted by Gasteiger charge is -2.55. The number of rotatable bonds is 2. The standard InChI is InChI=1S/C23H29N3O/c1-24-12-6-11-22(24)23(27)25-14-17-13-19(16-25)21-10-5-9-20(26(21)15-17)18-7-3-2-4-8-18/h2-4,6-8,11-12,17,19-21H,5,9-10,13-16H2,1H3/t17-,19+,20+,21-/m0/s1. The Morgan fingerprint density at radius 1 is 1.00 bits per heavy atom. The number of carbonyl (C=O) groups excluding carboxylic acids is 1. The molecule has 1 aromatic heterocycles. The van der Waals surface area contributed by atoms with E-state index in [9.17, 15) is 4.79 Å². The molecule has 3 aliphatic rings. The number of aryl methyl sites for hydroxylation is 1. The summed E-state index contributed by atoms with van der Waals surface area (Å²) in [6.07, 6.45) is 7.11. The van der Waals surface area contributed by atoms with Crippen LogP contribution in [0.2, 0.25) is 0 Å². The first kappa shape index (κ1) is 17.1. The maximum atomic E-state index is 13.1. The van der Waals surface area contributed by atoms with Crippen LogP contribution in [0.1, 0.15) is 47.8 Å². The first-order chi connectivity index (χ1) is 13.2. The second kappa shape index (κ2) is 6.83. The number of nitrogens with zero attached hydrogens (tertiary/aromatic N) is 3.